The lowest BCUT2D eigenvalue weighted by Crippen LogP contribution is -2.37. The number of amides is 1. The molecular weight excluding hydrogens is 488 g/mol. The number of nitrogens with zero attached hydrogens (tertiary/aromatic N) is 2. The van der Waals surface area contributed by atoms with Gasteiger partial charge in [0, 0.05) is 34.4 Å². The van der Waals surface area contributed by atoms with Gasteiger partial charge in [-0.25, -0.2) is 9.59 Å². The van der Waals surface area contributed by atoms with Gasteiger partial charge in [0.2, 0.25) is 5.43 Å². The van der Waals surface area contributed by atoms with Crippen LogP contribution in [0.25, 0.3) is 21.3 Å². The first-order valence-corrected chi connectivity index (χ1v) is 13.8. The van der Waals surface area contributed by atoms with Gasteiger partial charge in [0.25, 0.3) is 0 Å². The summed E-state index contributed by atoms with van der Waals surface area (Å²) in [6.45, 7) is 7.60. The fourth-order valence-corrected chi connectivity index (χ4v) is 6.30. The summed E-state index contributed by atoms with van der Waals surface area (Å²) in [6.07, 6.45) is 6.31. The molecule has 0 N–H and O–H groups in total. The van der Waals surface area contributed by atoms with Crippen molar-refractivity contribution in [1.29, 1.82) is 0 Å². The van der Waals surface area contributed by atoms with Crippen molar-refractivity contribution in [1.82, 2.24) is 9.47 Å². The van der Waals surface area contributed by atoms with Crippen molar-refractivity contribution in [3.63, 3.8) is 0 Å². The molecule has 37 heavy (non-hydrogen) atoms. The molecule has 3 aromatic rings. The van der Waals surface area contributed by atoms with E-state index in [0.717, 1.165) is 48.1 Å². The molecule has 2 aliphatic carbocycles. The van der Waals surface area contributed by atoms with Crippen LogP contribution in [0.4, 0.5) is 4.79 Å². The van der Waals surface area contributed by atoms with Gasteiger partial charge in [0.1, 0.15) is 11.2 Å². The minimum atomic E-state index is -0.570. The van der Waals surface area contributed by atoms with Gasteiger partial charge in [-0.15, -0.1) is 11.3 Å². The third-order valence-electron chi connectivity index (χ3n) is 6.98. The fraction of sp³-hybridized carbons (Fsp3) is 0.483. The van der Waals surface area contributed by atoms with Gasteiger partial charge in [0.05, 0.1) is 18.2 Å². The number of hydrogen-bond acceptors (Lipinski definition) is 6. The largest absolute Gasteiger partial charge is 0.462 e. The fourth-order valence-electron chi connectivity index (χ4n) is 5.05. The Labute approximate surface area is 221 Å². The summed E-state index contributed by atoms with van der Waals surface area (Å²) in [5.74, 6) is -0.570. The number of esters is 1. The highest BCUT2D eigenvalue weighted by molar-refractivity contribution is 7.15. The average Bonchev–Trinajstić information content (AvgIpc) is 3.59. The third-order valence-corrected chi connectivity index (χ3v) is 8.24. The summed E-state index contributed by atoms with van der Waals surface area (Å²) in [7, 11) is 1.82. The Bertz CT molecular complexity index is 1430. The van der Waals surface area contributed by atoms with Gasteiger partial charge in [0.15, 0.2) is 0 Å². The van der Waals surface area contributed by atoms with Crippen molar-refractivity contribution >= 4 is 34.3 Å². The van der Waals surface area contributed by atoms with Gasteiger partial charge in [-0.3, -0.25) is 4.79 Å². The van der Waals surface area contributed by atoms with Gasteiger partial charge in [-0.05, 0) is 89.1 Å². The smallest absolute Gasteiger partial charge is 0.410 e. The van der Waals surface area contributed by atoms with Crippen LogP contribution in [0.15, 0.2) is 35.3 Å². The molecule has 2 heterocycles. The van der Waals surface area contributed by atoms with Crippen LogP contribution in [0.5, 0.6) is 0 Å². The van der Waals surface area contributed by atoms with E-state index >= 15 is 0 Å². The van der Waals surface area contributed by atoms with Crippen molar-refractivity contribution in [2.45, 2.75) is 77.5 Å². The number of pyridine rings is 1. The Morgan fingerprint density at radius 2 is 1.92 bits per heavy atom. The van der Waals surface area contributed by atoms with Crippen LogP contribution < -0.4 is 5.43 Å². The van der Waals surface area contributed by atoms with E-state index in [9.17, 15) is 14.4 Å². The number of thiophene rings is 1. The topological polar surface area (TPSA) is 77.8 Å². The van der Waals surface area contributed by atoms with Crippen molar-refractivity contribution in [2.24, 2.45) is 0 Å². The highest BCUT2D eigenvalue weighted by Crippen LogP contribution is 2.43. The maximum absolute atomic E-state index is 13.2. The monoisotopic (exact) mass is 522 g/mol. The molecule has 7 nitrogen and oxygen atoms in total. The second-order valence-electron chi connectivity index (χ2n) is 11.0. The predicted octanol–water partition coefficient (Wildman–Crippen LogP) is 6.49. The Balaban J connectivity index is 1.53. The molecule has 0 saturated heterocycles. The maximum Gasteiger partial charge on any atom is 0.410 e. The van der Waals surface area contributed by atoms with Crippen molar-refractivity contribution in [3.8, 4) is 10.4 Å². The second kappa shape index (κ2) is 9.63. The van der Waals surface area contributed by atoms with Crippen LogP contribution in [-0.4, -0.2) is 40.8 Å². The van der Waals surface area contributed by atoms with E-state index in [-0.39, 0.29) is 35.8 Å². The average molecular weight is 523 g/mol. The number of benzene rings is 1. The quantitative estimate of drug-likeness (QED) is 0.358. The van der Waals surface area contributed by atoms with E-state index in [1.807, 2.05) is 40.0 Å². The number of aromatic nitrogens is 1. The molecule has 1 atom stereocenters. The lowest BCUT2D eigenvalue weighted by molar-refractivity contribution is 0.0205. The van der Waals surface area contributed by atoms with Crippen LogP contribution in [0.3, 0.4) is 0 Å². The van der Waals surface area contributed by atoms with Crippen LogP contribution in [-0.2, 0) is 15.9 Å². The van der Waals surface area contributed by atoms with Crippen LogP contribution in [0.1, 0.15) is 86.3 Å². The molecule has 8 heteroatoms. The van der Waals surface area contributed by atoms with E-state index in [1.54, 1.807) is 29.4 Å². The normalized spacial score (nSPS) is 17.4. The molecule has 0 spiro atoms. The zero-order valence-electron chi connectivity index (χ0n) is 22.1. The first-order chi connectivity index (χ1) is 17.6. The summed E-state index contributed by atoms with van der Waals surface area (Å²) in [5, 5.41) is 0.532. The number of carbonyl (C=O) groups excluding carboxylic acids is 2. The number of hydrogen-bond donors (Lipinski definition) is 0. The van der Waals surface area contributed by atoms with Crippen molar-refractivity contribution < 1.29 is 19.1 Å². The number of fused-ring (bicyclic) bond motifs is 2. The molecule has 2 aromatic heterocycles. The Kier molecular flexibility index (Phi) is 6.64. The number of rotatable bonds is 5. The summed E-state index contributed by atoms with van der Waals surface area (Å²) in [5.41, 5.74) is 2.31. The van der Waals surface area contributed by atoms with Gasteiger partial charge < -0.3 is 18.9 Å². The highest BCUT2D eigenvalue weighted by Gasteiger charge is 2.32. The van der Waals surface area contributed by atoms with E-state index in [2.05, 4.69) is 16.7 Å². The second-order valence-corrected chi connectivity index (χ2v) is 12.1. The van der Waals surface area contributed by atoms with E-state index in [0.29, 0.717) is 5.39 Å². The van der Waals surface area contributed by atoms with Crippen molar-refractivity contribution in [2.75, 3.05) is 13.7 Å². The van der Waals surface area contributed by atoms with Crippen LogP contribution in [0, 0.1) is 0 Å². The minimum absolute atomic E-state index is 0.0270. The molecule has 1 amide bonds. The zero-order valence-corrected chi connectivity index (χ0v) is 22.9. The number of carbonyl (C=O) groups is 2. The van der Waals surface area contributed by atoms with E-state index in [4.69, 9.17) is 9.47 Å². The summed E-state index contributed by atoms with van der Waals surface area (Å²) in [6, 6.07) is 8.31. The summed E-state index contributed by atoms with van der Waals surface area (Å²) >= 11 is 1.75. The maximum atomic E-state index is 13.2. The standard InChI is InChI=1S/C29H34N2O5S/c1-6-35-27(33)21-16-31(18-11-12-18)23-14-17(10-13-19(23)26(21)32)25-15-20-22(8-7-9-24(20)37-25)30(5)28(34)36-29(2,3)4/h10,13-16,18,22H,6-9,11-12H2,1-5H3. The molecule has 0 aliphatic heterocycles. The van der Waals surface area contributed by atoms with E-state index in [1.165, 1.54) is 10.4 Å². The molecule has 0 radical (unpaired) electrons. The summed E-state index contributed by atoms with van der Waals surface area (Å²) < 4.78 is 12.8. The number of ether oxygens (including phenoxy) is 2. The van der Waals surface area contributed by atoms with Gasteiger partial charge in [-0.1, -0.05) is 6.07 Å². The Morgan fingerprint density at radius 1 is 1.16 bits per heavy atom. The SMILES string of the molecule is CCOC(=O)c1cn(C2CC2)c2cc(-c3cc4c(s3)CCCC4N(C)C(=O)OC(C)(C)C)ccc2c1=O. The van der Waals surface area contributed by atoms with Crippen molar-refractivity contribution in [3.05, 3.63) is 56.7 Å². The Hall–Kier alpha value is -3.13. The minimum Gasteiger partial charge on any atom is -0.462 e. The van der Waals surface area contributed by atoms with E-state index < -0.39 is 11.6 Å². The molecule has 1 aromatic carbocycles. The van der Waals surface area contributed by atoms with Gasteiger partial charge >= 0.3 is 12.1 Å². The molecule has 1 fully saturated rings. The molecule has 196 valence electrons. The molecular formula is C29H34N2O5S. The molecule has 5 rings (SSSR count). The van der Waals surface area contributed by atoms with Crippen LogP contribution in [0.2, 0.25) is 0 Å². The molecule has 1 unspecified atom stereocenters. The van der Waals surface area contributed by atoms with Gasteiger partial charge in [-0.2, -0.15) is 0 Å². The lowest BCUT2D eigenvalue weighted by atomic mass is 9.92. The first-order valence-electron chi connectivity index (χ1n) is 13.0. The predicted molar refractivity (Wildman–Crippen MR) is 145 cm³/mol. The Morgan fingerprint density at radius 3 is 2.59 bits per heavy atom. The highest BCUT2D eigenvalue weighted by atomic mass is 32.1. The first kappa shape index (κ1) is 25.5. The molecule has 2 aliphatic rings. The van der Waals surface area contributed by atoms with Crippen LogP contribution >= 0.6 is 11.3 Å². The zero-order chi connectivity index (χ0) is 26.5. The molecule has 1 saturated carbocycles. The third kappa shape index (κ3) is 5.04. The summed E-state index contributed by atoms with van der Waals surface area (Å²) in [4.78, 5) is 42.5. The lowest BCUT2D eigenvalue weighted by Gasteiger charge is -2.33. The number of aryl methyl sites for hydroxylation is 1. The molecule has 0 bridgehead atoms.